The molecule has 0 radical (unpaired) electrons. The average molecular weight is 731 g/mol. The highest BCUT2D eigenvalue weighted by Gasteiger charge is 2.28. The van der Waals surface area contributed by atoms with Crippen LogP contribution in [0.15, 0.2) is 146 Å². The van der Waals surface area contributed by atoms with Crippen LogP contribution >= 0.6 is 0 Å². The van der Waals surface area contributed by atoms with Crippen LogP contribution in [0.5, 0.6) is 0 Å². The molecule has 0 aliphatic carbocycles. The molecule has 0 aliphatic heterocycles. The topological polar surface area (TPSA) is 54.1 Å². The second kappa shape index (κ2) is 13.3. The molecule has 262 valence electrons. The fourth-order valence-electron chi connectivity index (χ4n) is 7.95. The summed E-state index contributed by atoms with van der Waals surface area (Å²) in [6, 6.07) is 56.3. The molecule has 6 heteroatoms. The predicted octanol–water partition coefficient (Wildman–Crippen LogP) is 12.4. The van der Waals surface area contributed by atoms with Crippen molar-refractivity contribution < 1.29 is 0 Å². The summed E-state index contributed by atoms with van der Waals surface area (Å²) >= 11 is 0. The lowest BCUT2D eigenvalue weighted by Crippen LogP contribution is -2.40. The molecule has 0 spiro atoms. The van der Waals surface area contributed by atoms with Gasteiger partial charge >= 0.3 is 0 Å². The molecule has 0 heterocycles. The van der Waals surface area contributed by atoms with E-state index in [1.165, 1.54) is 54.1 Å². The van der Waals surface area contributed by atoms with E-state index >= 15 is 0 Å². The zero-order chi connectivity index (χ0) is 37.8. The number of nitrogens with zero attached hydrogens (tertiary/aromatic N) is 4. The molecule has 0 aromatic heterocycles. The molecule has 8 aromatic carbocycles. The van der Waals surface area contributed by atoms with Crippen LogP contribution < -0.4 is 20.2 Å². The second-order valence-electron chi connectivity index (χ2n) is 16.1. The highest BCUT2D eigenvalue weighted by Crippen LogP contribution is 2.47. The standard InChI is InChI=1S/C48H42N4Si2/c1-53(2,3)45-13-9-7-11-43(45)51(37-23-15-33(31-49)16-24-37)41-29-21-35-20-28-40-42(30-22-36-19-27-39(41)47(35)48(36)40)52(38-25-17-34(32-50)18-26-38)44-12-8-10-14-46(44)54(4,5)6/h7-30H,1-6H3. The lowest BCUT2D eigenvalue weighted by molar-refractivity contribution is 1.30. The van der Waals surface area contributed by atoms with Crippen LogP contribution in [-0.2, 0) is 0 Å². The van der Waals surface area contributed by atoms with Crippen molar-refractivity contribution >= 4 is 93.0 Å². The molecular formula is C48H42N4Si2. The SMILES string of the molecule is C[Si](C)(C)c1ccccc1N(c1ccc(C#N)cc1)c1ccc2ccc3c(N(c4ccc(C#N)cc4)c4ccccc4[Si](C)(C)C)ccc4ccc1c2c43. The van der Waals surface area contributed by atoms with Crippen LogP contribution in [-0.4, -0.2) is 16.1 Å². The Bertz CT molecular complexity index is 2570. The maximum atomic E-state index is 9.66. The fraction of sp³-hybridized carbons (Fsp3) is 0.125. The second-order valence-corrected chi connectivity index (χ2v) is 26.2. The molecule has 8 rings (SSSR count). The highest BCUT2D eigenvalue weighted by atomic mass is 28.3. The number of nitriles is 2. The fourth-order valence-corrected chi connectivity index (χ4v) is 11.1. The van der Waals surface area contributed by atoms with E-state index in [1.54, 1.807) is 0 Å². The Balaban J connectivity index is 1.43. The van der Waals surface area contributed by atoms with Crippen molar-refractivity contribution in [1.29, 1.82) is 10.5 Å². The van der Waals surface area contributed by atoms with E-state index in [-0.39, 0.29) is 0 Å². The number of benzene rings is 8. The largest absolute Gasteiger partial charge is 0.310 e. The molecule has 0 atom stereocenters. The number of hydrogen-bond donors (Lipinski definition) is 0. The molecule has 4 nitrogen and oxygen atoms in total. The smallest absolute Gasteiger partial charge is 0.0991 e. The van der Waals surface area contributed by atoms with Gasteiger partial charge in [0.15, 0.2) is 0 Å². The molecular weight excluding hydrogens is 689 g/mol. The molecule has 0 bridgehead atoms. The van der Waals surface area contributed by atoms with E-state index in [4.69, 9.17) is 0 Å². The van der Waals surface area contributed by atoms with Crippen LogP contribution in [0, 0.1) is 22.7 Å². The van der Waals surface area contributed by atoms with Gasteiger partial charge < -0.3 is 9.80 Å². The summed E-state index contributed by atoms with van der Waals surface area (Å²) in [5, 5.41) is 29.3. The quantitative estimate of drug-likeness (QED) is 0.115. The molecule has 0 saturated carbocycles. The van der Waals surface area contributed by atoms with Gasteiger partial charge in [0.2, 0.25) is 0 Å². The first kappa shape index (κ1) is 34.9. The monoisotopic (exact) mass is 730 g/mol. The van der Waals surface area contributed by atoms with Crippen molar-refractivity contribution in [1.82, 2.24) is 0 Å². The van der Waals surface area contributed by atoms with Crippen molar-refractivity contribution in [3.8, 4) is 12.1 Å². The van der Waals surface area contributed by atoms with Crippen molar-refractivity contribution in [3.63, 3.8) is 0 Å². The minimum absolute atomic E-state index is 0.641. The first-order valence-corrected chi connectivity index (χ1v) is 25.5. The minimum atomic E-state index is -1.78. The Kier molecular flexibility index (Phi) is 8.62. The Morgan fingerprint density at radius 2 is 0.741 bits per heavy atom. The van der Waals surface area contributed by atoms with Gasteiger partial charge in [0.05, 0.1) is 50.8 Å². The lowest BCUT2D eigenvalue weighted by Gasteiger charge is -2.33. The molecule has 8 aromatic rings. The van der Waals surface area contributed by atoms with Gasteiger partial charge in [-0.25, -0.2) is 0 Å². The first-order valence-electron chi connectivity index (χ1n) is 18.5. The van der Waals surface area contributed by atoms with Crippen molar-refractivity contribution in [2.24, 2.45) is 0 Å². The average Bonchev–Trinajstić information content (AvgIpc) is 3.18. The van der Waals surface area contributed by atoms with Gasteiger partial charge in [0, 0.05) is 33.5 Å². The zero-order valence-corrected chi connectivity index (χ0v) is 33.6. The molecule has 0 N–H and O–H groups in total. The molecule has 0 amide bonds. The van der Waals surface area contributed by atoms with Crippen LogP contribution in [0.4, 0.5) is 34.1 Å². The van der Waals surface area contributed by atoms with Gasteiger partial charge in [-0.3, -0.25) is 0 Å². The third-order valence-corrected chi connectivity index (χ3v) is 14.6. The zero-order valence-electron chi connectivity index (χ0n) is 31.6. The van der Waals surface area contributed by atoms with Gasteiger partial charge in [-0.05, 0) is 105 Å². The summed E-state index contributed by atoms with van der Waals surface area (Å²) in [5.74, 6) is 0. The summed E-state index contributed by atoms with van der Waals surface area (Å²) in [4.78, 5) is 4.80. The summed E-state index contributed by atoms with van der Waals surface area (Å²) in [5.41, 5.74) is 7.87. The molecule has 54 heavy (non-hydrogen) atoms. The van der Waals surface area contributed by atoms with Gasteiger partial charge in [-0.1, -0.05) is 112 Å². The Labute approximate surface area is 320 Å². The molecule has 0 saturated heterocycles. The molecule has 0 aliphatic rings. The lowest BCUT2D eigenvalue weighted by atomic mass is 9.91. The Morgan fingerprint density at radius 3 is 1.09 bits per heavy atom. The van der Waals surface area contributed by atoms with Gasteiger partial charge in [0.25, 0.3) is 0 Å². The number of anilines is 6. The van der Waals surface area contributed by atoms with Crippen molar-refractivity contribution in [2.45, 2.75) is 39.3 Å². The number of rotatable bonds is 8. The van der Waals surface area contributed by atoms with E-state index in [1.807, 2.05) is 24.3 Å². The third-order valence-electron chi connectivity index (χ3n) is 10.5. The van der Waals surface area contributed by atoms with E-state index in [9.17, 15) is 10.5 Å². The van der Waals surface area contributed by atoms with Crippen LogP contribution in [0.3, 0.4) is 0 Å². The summed E-state index contributed by atoms with van der Waals surface area (Å²) in [7, 11) is -3.56. The van der Waals surface area contributed by atoms with Crippen LogP contribution in [0.2, 0.25) is 39.3 Å². The van der Waals surface area contributed by atoms with E-state index in [2.05, 4.69) is 183 Å². The van der Waals surface area contributed by atoms with Crippen molar-refractivity contribution in [2.75, 3.05) is 9.80 Å². The van der Waals surface area contributed by atoms with Gasteiger partial charge in [-0.15, -0.1) is 0 Å². The minimum Gasteiger partial charge on any atom is -0.310 e. The van der Waals surface area contributed by atoms with E-state index in [0.29, 0.717) is 11.1 Å². The summed E-state index contributed by atoms with van der Waals surface area (Å²) in [6.07, 6.45) is 0. The Morgan fingerprint density at radius 1 is 0.389 bits per heavy atom. The van der Waals surface area contributed by atoms with Crippen LogP contribution in [0.25, 0.3) is 32.3 Å². The van der Waals surface area contributed by atoms with E-state index < -0.39 is 16.1 Å². The number of para-hydroxylation sites is 2. The maximum absolute atomic E-state index is 9.66. The molecule has 0 fully saturated rings. The normalized spacial score (nSPS) is 11.9. The first-order chi connectivity index (χ1) is 26.0. The maximum Gasteiger partial charge on any atom is 0.0991 e. The Hall–Kier alpha value is -6.19. The van der Waals surface area contributed by atoms with Crippen molar-refractivity contribution in [3.05, 3.63) is 157 Å². The highest BCUT2D eigenvalue weighted by molar-refractivity contribution is 6.90. The summed E-state index contributed by atoms with van der Waals surface area (Å²) < 4.78 is 0. The van der Waals surface area contributed by atoms with Crippen LogP contribution in [0.1, 0.15) is 11.1 Å². The van der Waals surface area contributed by atoms with Gasteiger partial charge in [-0.2, -0.15) is 10.5 Å². The summed E-state index contributed by atoms with van der Waals surface area (Å²) in [6.45, 7) is 14.4. The third kappa shape index (κ3) is 6.00. The van der Waals surface area contributed by atoms with E-state index in [0.717, 1.165) is 22.7 Å². The number of hydrogen-bond acceptors (Lipinski definition) is 4. The molecule has 0 unspecified atom stereocenters. The predicted molar refractivity (Wildman–Crippen MR) is 235 cm³/mol. The van der Waals surface area contributed by atoms with Gasteiger partial charge in [0.1, 0.15) is 0 Å².